The van der Waals surface area contributed by atoms with E-state index in [4.69, 9.17) is 0 Å². The van der Waals surface area contributed by atoms with Crippen LogP contribution in [0.15, 0.2) is 70.4 Å². The van der Waals surface area contributed by atoms with E-state index in [9.17, 15) is 0 Å². The van der Waals surface area contributed by atoms with Gasteiger partial charge in [0.15, 0.2) is 0 Å². The van der Waals surface area contributed by atoms with Crippen LogP contribution >= 0.6 is 16.4 Å². The van der Waals surface area contributed by atoms with Crippen molar-refractivity contribution in [3.8, 4) is 0 Å². The second-order valence-electron chi connectivity index (χ2n) is 6.40. The van der Waals surface area contributed by atoms with Gasteiger partial charge in [0, 0.05) is 10.6 Å². The molecule has 0 aromatic heterocycles. The SMILES string of the molecule is CC(C)C1=PC2=CC=CC2=C1.CC(C)C1=PC2=CC=CC2=C1.[Cl-].[Cl-].[Zr+2]. The topological polar surface area (TPSA) is 0 Å². The number of fused-ring (bicyclic) bond motifs is 2. The Balaban J connectivity index is 0.000000411. The fraction of sp³-hybridized carbons (Fsp3) is 0.300. The summed E-state index contributed by atoms with van der Waals surface area (Å²) in [6, 6.07) is 0. The summed E-state index contributed by atoms with van der Waals surface area (Å²) in [5, 5.41) is 6.06. The Bertz CT molecular complexity index is 682. The quantitative estimate of drug-likeness (QED) is 0.494. The van der Waals surface area contributed by atoms with Crippen LogP contribution in [-0.4, -0.2) is 10.6 Å². The first kappa shape index (κ1) is 25.2. The first-order valence-corrected chi connectivity index (χ1v) is 9.71. The molecule has 130 valence electrons. The van der Waals surface area contributed by atoms with Gasteiger partial charge in [-0.2, -0.15) is 0 Å². The van der Waals surface area contributed by atoms with Crippen molar-refractivity contribution in [3.05, 3.63) is 70.4 Å². The second kappa shape index (κ2) is 11.2. The predicted molar refractivity (Wildman–Crippen MR) is 104 cm³/mol. The molecule has 0 aromatic carbocycles. The minimum absolute atomic E-state index is 0. The van der Waals surface area contributed by atoms with Crippen LogP contribution in [0.4, 0.5) is 0 Å². The van der Waals surface area contributed by atoms with E-state index in [0.717, 1.165) is 0 Å². The molecule has 0 saturated heterocycles. The van der Waals surface area contributed by atoms with Gasteiger partial charge in [-0.3, -0.25) is 0 Å². The van der Waals surface area contributed by atoms with Crippen molar-refractivity contribution in [2.75, 3.05) is 0 Å². The molecule has 0 bridgehead atoms. The van der Waals surface area contributed by atoms with E-state index >= 15 is 0 Å². The van der Waals surface area contributed by atoms with Crippen molar-refractivity contribution in [1.82, 2.24) is 0 Å². The van der Waals surface area contributed by atoms with Gasteiger partial charge in [0.25, 0.3) is 0 Å². The van der Waals surface area contributed by atoms with Gasteiger partial charge in [-0.15, -0.1) is 0 Å². The molecule has 0 amide bonds. The Hall–Kier alpha value is 0.243. The summed E-state index contributed by atoms with van der Waals surface area (Å²) < 4.78 is 0. The van der Waals surface area contributed by atoms with Gasteiger partial charge < -0.3 is 24.8 Å². The van der Waals surface area contributed by atoms with E-state index in [2.05, 4.69) is 76.3 Å². The molecule has 2 aliphatic carbocycles. The summed E-state index contributed by atoms with van der Waals surface area (Å²) >= 11 is 0. The Labute approximate surface area is 186 Å². The van der Waals surface area contributed by atoms with E-state index in [1.165, 1.54) is 38.2 Å². The summed E-state index contributed by atoms with van der Waals surface area (Å²) in [5.74, 6) is 1.40. The van der Waals surface area contributed by atoms with Crippen LogP contribution in [0.3, 0.4) is 0 Å². The first-order valence-electron chi connectivity index (χ1n) is 7.92. The predicted octanol–water partition coefficient (Wildman–Crippen LogP) is 0.315. The van der Waals surface area contributed by atoms with Crippen LogP contribution in [0.25, 0.3) is 0 Å². The molecule has 4 rings (SSSR count). The maximum atomic E-state index is 2.32. The standard InChI is InChI=1S/2C10H11P.2ClH.Zr/c2*1-7(2)10-6-8-4-3-5-9(8)11-10;;;/h2*3-7H,1-2H3;2*1H;/q;;;;+2/p-2. The normalized spacial score (nSPS) is 19.0. The number of rotatable bonds is 2. The molecular weight excluding hydrogens is 464 g/mol. The van der Waals surface area contributed by atoms with Crippen molar-refractivity contribution in [3.63, 3.8) is 0 Å². The van der Waals surface area contributed by atoms with E-state index in [1.54, 1.807) is 10.6 Å². The molecule has 0 N–H and O–H groups in total. The Kier molecular flexibility index (Phi) is 11.3. The van der Waals surface area contributed by atoms with Gasteiger partial charge in [0.05, 0.1) is 0 Å². The zero-order chi connectivity index (χ0) is 15.7. The van der Waals surface area contributed by atoms with Gasteiger partial charge in [-0.1, -0.05) is 68.4 Å². The van der Waals surface area contributed by atoms with Crippen molar-refractivity contribution >= 4 is 27.0 Å². The maximum Gasteiger partial charge on any atom is 2.00 e. The number of hydrogen-bond acceptors (Lipinski definition) is 0. The van der Waals surface area contributed by atoms with Gasteiger partial charge in [0.2, 0.25) is 0 Å². The molecule has 0 saturated carbocycles. The molecule has 5 heteroatoms. The molecular formula is C20H22Cl2P2Zr. The molecule has 0 aromatic rings. The third kappa shape index (κ3) is 6.13. The third-order valence-corrected chi connectivity index (χ3v) is 7.04. The van der Waals surface area contributed by atoms with Crippen LogP contribution in [0.5, 0.6) is 0 Å². The zero-order valence-corrected chi connectivity index (χ0v) is 20.7. The van der Waals surface area contributed by atoms with E-state index in [-0.39, 0.29) is 51.0 Å². The molecule has 25 heavy (non-hydrogen) atoms. The molecule has 0 fully saturated rings. The summed E-state index contributed by atoms with van der Waals surface area (Å²) in [6.45, 7) is 9.02. The fourth-order valence-corrected chi connectivity index (χ4v) is 4.89. The third-order valence-electron chi connectivity index (χ3n) is 3.94. The van der Waals surface area contributed by atoms with Crippen LogP contribution in [-0.2, 0) is 26.2 Å². The second-order valence-corrected chi connectivity index (χ2v) is 8.85. The van der Waals surface area contributed by atoms with Crippen molar-refractivity contribution < 1.29 is 51.0 Å². The average Bonchev–Trinajstić information content (AvgIpc) is 3.18. The van der Waals surface area contributed by atoms with Crippen LogP contribution in [0, 0.1) is 11.8 Å². The Morgan fingerprint density at radius 3 is 1.32 bits per heavy atom. The molecule has 2 aliphatic heterocycles. The number of allylic oxidation sites excluding steroid dienone is 12. The minimum Gasteiger partial charge on any atom is -1.00 e. The Morgan fingerprint density at radius 2 is 1.04 bits per heavy atom. The van der Waals surface area contributed by atoms with Gasteiger partial charge in [-0.25, -0.2) is 0 Å². The number of hydrogen-bond donors (Lipinski definition) is 0. The van der Waals surface area contributed by atoms with Crippen LogP contribution in [0.2, 0.25) is 0 Å². The molecule has 0 spiro atoms. The Morgan fingerprint density at radius 1 is 0.680 bits per heavy atom. The summed E-state index contributed by atoms with van der Waals surface area (Å²) in [5.41, 5.74) is 2.85. The smallest absolute Gasteiger partial charge is 1.00 e. The largest absolute Gasteiger partial charge is 2.00 e. The van der Waals surface area contributed by atoms with E-state index in [1.807, 2.05) is 0 Å². The van der Waals surface area contributed by atoms with Crippen LogP contribution in [0.1, 0.15) is 27.7 Å². The molecule has 0 atom stereocenters. The molecule has 0 nitrogen and oxygen atoms in total. The summed E-state index contributed by atoms with van der Waals surface area (Å²) in [4.78, 5) is 0. The van der Waals surface area contributed by atoms with Crippen molar-refractivity contribution in [2.24, 2.45) is 11.8 Å². The zero-order valence-electron chi connectivity index (χ0n) is 14.9. The van der Waals surface area contributed by atoms with E-state index in [0.29, 0.717) is 11.8 Å². The maximum absolute atomic E-state index is 2.32. The molecule has 4 aliphatic rings. The van der Waals surface area contributed by atoms with Gasteiger partial charge in [-0.05, 0) is 57.9 Å². The monoisotopic (exact) mass is 484 g/mol. The number of halogens is 2. The summed E-state index contributed by atoms with van der Waals surface area (Å²) in [6.07, 6.45) is 17.7. The average molecular weight is 486 g/mol. The molecule has 0 radical (unpaired) electrons. The summed E-state index contributed by atoms with van der Waals surface area (Å²) in [7, 11) is 2.85. The fourth-order valence-electron chi connectivity index (χ4n) is 2.55. The van der Waals surface area contributed by atoms with Gasteiger partial charge >= 0.3 is 26.2 Å². The molecule has 2 heterocycles. The minimum atomic E-state index is 0. The van der Waals surface area contributed by atoms with Gasteiger partial charge in [0.1, 0.15) is 0 Å². The van der Waals surface area contributed by atoms with Crippen molar-refractivity contribution in [2.45, 2.75) is 27.7 Å². The molecule has 0 unspecified atom stereocenters. The van der Waals surface area contributed by atoms with E-state index < -0.39 is 0 Å². The van der Waals surface area contributed by atoms with Crippen LogP contribution < -0.4 is 24.8 Å². The van der Waals surface area contributed by atoms with Crippen molar-refractivity contribution in [1.29, 1.82) is 0 Å². The first-order chi connectivity index (χ1) is 10.5.